The summed E-state index contributed by atoms with van der Waals surface area (Å²) in [6, 6.07) is 17.1. The van der Waals surface area contributed by atoms with Crippen molar-refractivity contribution >= 4 is 29.0 Å². The Bertz CT molecular complexity index is 1150. The molecule has 3 aromatic rings. The second-order valence-electron chi connectivity index (χ2n) is 10.0. The van der Waals surface area contributed by atoms with E-state index in [0.29, 0.717) is 12.0 Å². The van der Waals surface area contributed by atoms with Crippen LogP contribution in [0.3, 0.4) is 0 Å². The first-order chi connectivity index (χ1) is 17.6. The molecule has 0 radical (unpaired) electrons. The van der Waals surface area contributed by atoms with Crippen LogP contribution in [0.15, 0.2) is 48.5 Å². The maximum absolute atomic E-state index is 5.30. The van der Waals surface area contributed by atoms with Crippen LogP contribution in [0.25, 0.3) is 0 Å². The van der Waals surface area contributed by atoms with E-state index in [2.05, 4.69) is 58.5 Å². The summed E-state index contributed by atoms with van der Waals surface area (Å²) in [5.74, 6) is 3.17. The number of methoxy groups -OCH3 is 1. The predicted molar refractivity (Wildman–Crippen MR) is 148 cm³/mol. The van der Waals surface area contributed by atoms with Gasteiger partial charge in [-0.3, -0.25) is 0 Å². The molecule has 0 unspecified atom stereocenters. The number of aryl methyl sites for hydroxylation is 2. The largest absolute Gasteiger partial charge is 0.497 e. The van der Waals surface area contributed by atoms with Gasteiger partial charge in [0.05, 0.1) is 7.11 Å². The van der Waals surface area contributed by atoms with Gasteiger partial charge in [-0.25, -0.2) is 0 Å². The van der Waals surface area contributed by atoms with Gasteiger partial charge in [-0.1, -0.05) is 18.6 Å². The molecule has 2 aromatic carbocycles. The van der Waals surface area contributed by atoms with Gasteiger partial charge < -0.3 is 25.2 Å². The van der Waals surface area contributed by atoms with Crippen LogP contribution in [-0.4, -0.2) is 54.2 Å². The zero-order valence-electron chi connectivity index (χ0n) is 21.8. The van der Waals surface area contributed by atoms with Gasteiger partial charge in [0.2, 0.25) is 5.95 Å². The summed E-state index contributed by atoms with van der Waals surface area (Å²) in [6.07, 6.45) is 6.45. The molecule has 0 aliphatic carbocycles. The van der Waals surface area contributed by atoms with Gasteiger partial charge >= 0.3 is 0 Å². The number of hydrogen-bond donors (Lipinski definition) is 2. The fraction of sp³-hybridized carbons (Fsp3) is 0.448. The number of anilines is 5. The highest BCUT2D eigenvalue weighted by Crippen LogP contribution is 2.29. The molecule has 1 aromatic heterocycles. The number of piperidine rings is 2. The van der Waals surface area contributed by atoms with Gasteiger partial charge in [0.25, 0.3) is 0 Å². The maximum atomic E-state index is 5.30. The number of aromatic nitrogens is 2. The van der Waals surface area contributed by atoms with Crippen molar-refractivity contribution < 1.29 is 4.74 Å². The number of nitrogens with zero attached hydrogens (tertiary/aromatic N) is 4. The molecule has 2 fully saturated rings. The van der Waals surface area contributed by atoms with Crippen LogP contribution in [0, 0.1) is 13.8 Å². The minimum absolute atomic E-state index is 0.587. The lowest BCUT2D eigenvalue weighted by molar-refractivity contribution is 0.141. The van der Waals surface area contributed by atoms with Crippen molar-refractivity contribution in [1.29, 1.82) is 0 Å². The highest BCUT2D eigenvalue weighted by molar-refractivity contribution is 5.66. The molecule has 5 rings (SSSR count). The van der Waals surface area contributed by atoms with Crippen molar-refractivity contribution in [1.82, 2.24) is 14.9 Å². The second kappa shape index (κ2) is 11.2. The fourth-order valence-corrected chi connectivity index (χ4v) is 5.27. The topological polar surface area (TPSA) is 65.6 Å². The Hall–Kier alpha value is -3.32. The molecular weight excluding hydrogens is 448 g/mol. The molecule has 36 heavy (non-hydrogen) atoms. The van der Waals surface area contributed by atoms with Crippen LogP contribution in [-0.2, 0) is 0 Å². The molecule has 7 nitrogen and oxygen atoms in total. The Morgan fingerprint density at radius 2 is 1.58 bits per heavy atom. The van der Waals surface area contributed by atoms with Crippen molar-refractivity contribution in [3.05, 3.63) is 59.7 Å². The van der Waals surface area contributed by atoms with Gasteiger partial charge in [-0.2, -0.15) is 9.97 Å². The third kappa shape index (κ3) is 5.90. The van der Waals surface area contributed by atoms with E-state index in [1.807, 2.05) is 24.3 Å². The number of benzene rings is 2. The molecule has 7 heteroatoms. The lowest BCUT2D eigenvalue weighted by Gasteiger charge is -2.40. The normalized spacial score (nSPS) is 17.1. The first kappa shape index (κ1) is 24.4. The lowest BCUT2D eigenvalue weighted by Crippen LogP contribution is -2.47. The first-order valence-corrected chi connectivity index (χ1v) is 13.2. The van der Waals surface area contributed by atoms with Crippen LogP contribution >= 0.6 is 0 Å². The van der Waals surface area contributed by atoms with E-state index in [9.17, 15) is 0 Å². The molecule has 0 saturated carbocycles. The molecule has 0 atom stereocenters. The maximum Gasteiger partial charge on any atom is 0.231 e. The Labute approximate surface area is 214 Å². The Morgan fingerprint density at radius 3 is 2.31 bits per heavy atom. The summed E-state index contributed by atoms with van der Waals surface area (Å²) in [5.41, 5.74) is 4.40. The van der Waals surface area contributed by atoms with E-state index < -0.39 is 0 Å². The highest BCUT2D eigenvalue weighted by atomic mass is 16.5. The van der Waals surface area contributed by atoms with E-state index in [0.717, 1.165) is 41.8 Å². The van der Waals surface area contributed by atoms with Gasteiger partial charge in [0.15, 0.2) is 0 Å². The average Bonchev–Trinajstić information content (AvgIpc) is 2.92. The molecule has 190 valence electrons. The molecule has 2 N–H and O–H groups in total. The SMILES string of the molecule is COc1ccc(Nc2nc(Nc3cc(C)ccc3C)cc(N3CCC(N4CCCCC4)CC3)n2)cc1. The molecular formula is C29H38N6O. The Kier molecular flexibility index (Phi) is 7.56. The summed E-state index contributed by atoms with van der Waals surface area (Å²) in [7, 11) is 1.68. The van der Waals surface area contributed by atoms with Crippen molar-refractivity contribution in [3.8, 4) is 5.75 Å². The smallest absolute Gasteiger partial charge is 0.231 e. The standard InChI is InChI=1S/C29H38N6O/c1-21-7-8-22(2)26(19-21)31-27-20-28(33-29(32-27)30-23-9-11-25(36-3)12-10-23)35-17-13-24(14-18-35)34-15-5-4-6-16-34/h7-12,19-20,24H,4-6,13-18H2,1-3H3,(H2,30,31,32,33). The summed E-state index contributed by atoms with van der Waals surface area (Å²) in [5, 5.41) is 6.95. The summed E-state index contributed by atoms with van der Waals surface area (Å²) < 4.78 is 5.30. The zero-order chi connectivity index (χ0) is 24.9. The van der Waals surface area contributed by atoms with Crippen LogP contribution in [0.1, 0.15) is 43.2 Å². The monoisotopic (exact) mass is 486 g/mol. The van der Waals surface area contributed by atoms with Gasteiger partial charge in [0, 0.05) is 36.6 Å². The number of rotatable bonds is 7. The molecule has 0 bridgehead atoms. The molecule has 2 aliphatic heterocycles. The lowest BCUT2D eigenvalue weighted by atomic mass is 10.00. The van der Waals surface area contributed by atoms with Crippen LogP contribution in [0.5, 0.6) is 5.75 Å². The van der Waals surface area contributed by atoms with E-state index in [1.54, 1.807) is 7.11 Å². The summed E-state index contributed by atoms with van der Waals surface area (Å²) in [4.78, 5) is 14.9. The Balaban J connectivity index is 1.37. The Morgan fingerprint density at radius 1 is 0.833 bits per heavy atom. The molecule has 0 amide bonds. The van der Waals surface area contributed by atoms with Gasteiger partial charge in [-0.05, 0) is 94.1 Å². The van der Waals surface area contributed by atoms with Crippen LogP contribution < -0.4 is 20.3 Å². The van der Waals surface area contributed by atoms with Crippen LogP contribution in [0.2, 0.25) is 0 Å². The number of ether oxygens (including phenoxy) is 1. The summed E-state index contributed by atoms with van der Waals surface area (Å²) in [6.45, 7) is 8.78. The minimum Gasteiger partial charge on any atom is -0.497 e. The third-order valence-corrected chi connectivity index (χ3v) is 7.41. The zero-order valence-corrected chi connectivity index (χ0v) is 21.8. The quantitative estimate of drug-likeness (QED) is 0.422. The number of hydrogen-bond acceptors (Lipinski definition) is 7. The van der Waals surface area contributed by atoms with E-state index in [1.165, 1.54) is 56.3 Å². The van der Waals surface area contributed by atoms with E-state index in [4.69, 9.17) is 14.7 Å². The molecule has 3 heterocycles. The average molecular weight is 487 g/mol. The fourth-order valence-electron chi connectivity index (χ4n) is 5.27. The highest BCUT2D eigenvalue weighted by Gasteiger charge is 2.26. The van der Waals surface area contributed by atoms with Gasteiger partial charge in [0.1, 0.15) is 17.4 Å². The third-order valence-electron chi connectivity index (χ3n) is 7.41. The van der Waals surface area contributed by atoms with E-state index >= 15 is 0 Å². The molecule has 2 aliphatic rings. The predicted octanol–water partition coefficient (Wildman–Crippen LogP) is 6.04. The second-order valence-corrected chi connectivity index (χ2v) is 10.0. The first-order valence-electron chi connectivity index (χ1n) is 13.2. The van der Waals surface area contributed by atoms with Crippen molar-refractivity contribution in [2.45, 2.75) is 52.0 Å². The van der Waals surface area contributed by atoms with Crippen molar-refractivity contribution in [2.75, 3.05) is 48.8 Å². The number of likely N-dealkylation sites (tertiary alicyclic amines) is 1. The summed E-state index contributed by atoms with van der Waals surface area (Å²) >= 11 is 0. The van der Waals surface area contributed by atoms with E-state index in [-0.39, 0.29) is 0 Å². The molecule has 0 spiro atoms. The van der Waals surface area contributed by atoms with Gasteiger partial charge in [-0.15, -0.1) is 0 Å². The van der Waals surface area contributed by atoms with Crippen LogP contribution in [0.4, 0.5) is 29.0 Å². The number of nitrogens with one attached hydrogen (secondary N) is 2. The van der Waals surface area contributed by atoms with Crippen molar-refractivity contribution in [3.63, 3.8) is 0 Å². The molecule has 2 saturated heterocycles. The van der Waals surface area contributed by atoms with Crippen molar-refractivity contribution in [2.24, 2.45) is 0 Å². The minimum atomic E-state index is 0.587.